The summed E-state index contributed by atoms with van der Waals surface area (Å²) in [5, 5.41) is 7.33. The standard InChI is InChI=1S/C8H15NO/c1-4-6-7(5-2)8(9)10-3/h4,7,9H,1,5-6H2,2-3H3/t7-/m1/s1. The van der Waals surface area contributed by atoms with Gasteiger partial charge in [0.1, 0.15) is 0 Å². The summed E-state index contributed by atoms with van der Waals surface area (Å²) in [7, 11) is 1.54. The molecule has 1 atom stereocenters. The highest BCUT2D eigenvalue weighted by molar-refractivity contribution is 5.75. The zero-order chi connectivity index (χ0) is 7.98. The zero-order valence-electron chi connectivity index (χ0n) is 6.68. The Morgan fingerprint density at radius 1 is 1.80 bits per heavy atom. The molecule has 0 saturated heterocycles. The van der Waals surface area contributed by atoms with Crippen molar-refractivity contribution >= 4 is 5.90 Å². The molecule has 58 valence electrons. The van der Waals surface area contributed by atoms with Crippen LogP contribution in [0.25, 0.3) is 0 Å². The molecule has 0 aromatic rings. The smallest absolute Gasteiger partial charge is 0.183 e. The molecule has 0 fully saturated rings. The molecule has 0 aromatic carbocycles. The fourth-order valence-corrected chi connectivity index (χ4v) is 0.827. The molecule has 0 aliphatic heterocycles. The van der Waals surface area contributed by atoms with Crippen molar-refractivity contribution in [1.82, 2.24) is 0 Å². The van der Waals surface area contributed by atoms with Crippen LogP contribution in [-0.4, -0.2) is 13.0 Å². The van der Waals surface area contributed by atoms with Crippen LogP contribution in [0.2, 0.25) is 0 Å². The first-order valence-electron chi connectivity index (χ1n) is 3.49. The van der Waals surface area contributed by atoms with Gasteiger partial charge in [0.2, 0.25) is 0 Å². The van der Waals surface area contributed by atoms with Crippen molar-refractivity contribution in [2.24, 2.45) is 5.92 Å². The van der Waals surface area contributed by atoms with Gasteiger partial charge in [-0.25, -0.2) is 0 Å². The van der Waals surface area contributed by atoms with Crippen molar-refractivity contribution < 1.29 is 4.74 Å². The number of nitrogens with one attached hydrogen (secondary N) is 1. The highest BCUT2D eigenvalue weighted by Crippen LogP contribution is 2.09. The monoisotopic (exact) mass is 141 g/mol. The molecule has 0 amide bonds. The van der Waals surface area contributed by atoms with Gasteiger partial charge in [-0.05, 0) is 12.8 Å². The SMILES string of the molecule is C=CC[C@@H](CC)C(=N)OC. The second-order valence-corrected chi connectivity index (χ2v) is 2.20. The van der Waals surface area contributed by atoms with Crippen LogP contribution in [0.15, 0.2) is 12.7 Å². The molecule has 0 aliphatic carbocycles. The van der Waals surface area contributed by atoms with Crippen LogP contribution < -0.4 is 0 Å². The van der Waals surface area contributed by atoms with E-state index in [4.69, 9.17) is 10.1 Å². The summed E-state index contributed by atoms with van der Waals surface area (Å²) in [5.41, 5.74) is 0. The molecule has 0 aliphatic rings. The largest absolute Gasteiger partial charge is 0.484 e. The van der Waals surface area contributed by atoms with Crippen molar-refractivity contribution in [1.29, 1.82) is 5.41 Å². The maximum Gasteiger partial charge on any atom is 0.183 e. The van der Waals surface area contributed by atoms with Gasteiger partial charge in [0, 0.05) is 5.92 Å². The number of allylic oxidation sites excluding steroid dienone is 1. The van der Waals surface area contributed by atoms with E-state index >= 15 is 0 Å². The lowest BCUT2D eigenvalue weighted by Gasteiger charge is -2.11. The molecule has 1 N–H and O–H groups in total. The number of hydrogen-bond donors (Lipinski definition) is 1. The predicted octanol–water partition coefficient (Wildman–Crippen LogP) is 2.21. The fraction of sp³-hybridized carbons (Fsp3) is 0.625. The summed E-state index contributed by atoms with van der Waals surface area (Å²) >= 11 is 0. The Morgan fingerprint density at radius 2 is 2.40 bits per heavy atom. The van der Waals surface area contributed by atoms with Gasteiger partial charge in [-0.2, -0.15) is 0 Å². The van der Waals surface area contributed by atoms with Gasteiger partial charge < -0.3 is 4.74 Å². The molecule has 2 nitrogen and oxygen atoms in total. The average Bonchev–Trinajstić information content (AvgIpc) is 1.99. The summed E-state index contributed by atoms with van der Waals surface area (Å²) in [5.74, 6) is 0.588. The lowest BCUT2D eigenvalue weighted by Crippen LogP contribution is -2.13. The first-order chi connectivity index (χ1) is 4.76. The Labute approximate surface area is 62.4 Å². The Kier molecular flexibility index (Phi) is 4.63. The third-order valence-corrected chi connectivity index (χ3v) is 1.53. The lowest BCUT2D eigenvalue weighted by molar-refractivity contribution is 0.357. The molecule has 0 saturated carbocycles. The Balaban J connectivity index is 3.79. The second-order valence-electron chi connectivity index (χ2n) is 2.20. The maximum absolute atomic E-state index is 7.33. The van der Waals surface area contributed by atoms with Gasteiger partial charge in [-0.1, -0.05) is 13.0 Å². The van der Waals surface area contributed by atoms with Crippen molar-refractivity contribution in [3.63, 3.8) is 0 Å². The number of methoxy groups -OCH3 is 1. The molecule has 2 heteroatoms. The van der Waals surface area contributed by atoms with Crippen LogP contribution in [-0.2, 0) is 4.74 Å². The Morgan fingerprint density at radius 3 is 2.70 bits per heavy atom. The van der Waals surface area contributed by atoms with Crippen molar-refractivity contribution in [3.8, 4) is 0 Å². The lowest BCUT2D eigenvalue weighted by atomic mass is 10.0. The molecule has 0 unspecified atom stereocenters. The predicted molar refractivity (Wildman–Crippen MR) is 43.3 cm³/mol. The number of hydrogen-bond acceptors (Lipinski definition) is 2. The van der Waals surface area contributed by atoms with E-state index in [1.807, 2.05) is 13.0 Å². The number of ether oxygens (including phenoxy) is 1. The van der Waals surface area contributed by atoms with Crippen molar-refractivity contribution in [2.75, 3.05) is 7.11 Å². The van der Waals surface area contributed by atoms with E-state index in [1.165, 1.54) is 7.11 Å². The molecular weight excluding hydrogens is 126 g/mol. The van der Waals surface area contributed by atoms with E-state index in [2.05, 4.69) is 6.58 Å². The van der Waals surface area contributed by atoms with Gasteiger partial charge >= 0.3 is 0 Å². The van der Waals surface area contributed by atoms with Crippen LogP contribution in [0.3, 0.4) is 0 Å². The van der Waals surface area contributed by atoms with Gasteiger partial charge in [-0.3, -0.25) is 5.41 Å². The van der Waals surface area contributed by atoms with Crippen LogP contribution in [0.1, 0.15) is 19.8 Å². The molecule has 0 spiro atoms. The molecule has 0 heterocycles. The van der Waals surface area contributed by atoms with E-state index in [1.54, 1.807) is 0 Å². The van der Waals surface area contributed by atoms with Crippen LogP contribution in [0, 0.1) is 11.3 Å². The fourth-order valence-electron chi connectivity index (χ4n) is 0.827. The minimum absolute atomic E-state index is 0.225. The maximum atomic E-state index is 7.33. The first kappa shape index (κ1) is 9.21. The molecule has 0 radical (unpaired) electrons. The summed E-state index contributed by atoms with van der Waals surface area (Å²) in [6.07, 6.45) is 3.60. The zero-order valence-corrected chi connectivity index (χ0v) is 6.68. The summed E-state index contributed by atoms with van der Waals surface area (Å²) in [6.45, 7) is 5.66. The van der Waals surface area contributed by atoms with E-state index in [0.717, 1.165) is 12.8 Å². The average molecular weight is 141 g/mol. The molecule has 0 rings (SSSR count). The van der Waals surface area contributed by atoms with Gasteiger partial charge in [-0.15, -0.1) is 6.58 Å². The van der Waals surface area contributed by atoms with Gasteiger partial charge in [0.15, 0.2) is 5.90 Å². The van der Waals surface area contributed by atoms with E-state index in [-0.39, 0.29) is 5.92 Å². The third kappa shape index (κ3) is 2.67. The van der Waals surface area contributed by atoms with Gasteiger partial charge in [0.05, 0.1) is 7.11 Å². The molecule has 10 heavy (non-hydrogen) atoms. The summed E-state index contributed by atoms with van der Waals surface area (Å²) in [6, 6.07) is 0. The van der Waals surface area contributed by atoms with E-state index in [0.29, 0.717) is 5.90 Å². The number of rotatable bonds is 4. The van der Waals surface area contributed by atoms with Crippen molar-refractivity contribution in [3.05, 3.63) is 12.7 Å². The first-order valence-corrected chi connectivity index (χ1v) is 3.49. The summed E-state index contributed by atoms with van der Waals surface area (Å²) in [4.78, 5) is 0. The second kappa shape index (κ2) is 5.03. The summed E-state index contributed by atoms with van der Waals surface area (Å²) < 4.78 is 4.79. The van der Waals surface area contributed by atoms with E-state index < -0.39 is 0 Å². The van der Waals surface area contributed by atoms with Crippen LogP contribution in [0.5, 0.6) is 0 Å². The minimum Gasteiger partial charge on any atom is -0.484 e. The minimum atomic E-state index is 0.225. The quantitative estimate of drug-likeness (QED) is 0.363. The normalized spacial score (nSPS) is 12.2. The highest BCUT2D eigenvalue weighted by Gasteiger charge is 2.09. The van der Waals surface area contributed by atoms with Crippen molar-refractivity contribution in [2.45, 2.75) is 19.8 Å². The van der Waals surface area contributed by atoms with Gasteiger partial charge in [0.25, 0.3) is 0 Å². The Hall–Kier alpha value is -0.790. The van der Waals surface area contributed by atoms with E-state index in [9.17, 15) is 0 Å². The third-order valence-electron chi connectivity index (χ3n) is 1.53. The van der Waals surface area contributed by atoms with Crippen LogP contribution in [0.4, 0.5) is 0 Å². The Bertz CT molecular complexity index is 120. The molecular formula is C8H15NO. The topological polar surface area (TPSA) is 33.1 Å². The molecule has 0 aromatic heterocycles. The van der Waals surface area contributed by atoms with Crippen LogP contribution >= 0.6 is 0 Å². The molecule has 0 bridgehead atoms. The highest BCUT2D eigenvalue weighted by atomic mass is 16.5.